The summed E-state index contributed by atoms with van der Waals surface area (Å²) in [6, 6.07) is 0. The van der Waals surface area contributed by atoms with Crippen molar-refractivity contribution in [2.45, 2.75) is 130 Å². The van der Waals surface area contributed by atoms with Gasteiger partial charge in [-0.15, -0.1) is 5.06 Å². The minimum Gasteiger partial charge on any atom is -0.459 e. The Morgan fingerprint density at radius 3 is 1.66 bits per heavy atom. The molecule has 0 bridgehead atoms. The fourth-order valence-corrected chi connectivity index (χ4v) is 3.71. The van der Waals surface area contributed by atoms with Crippen LogP contribution in [-0.2, 0) is 28.8 Å². The van der Waals surface area contributed by atoms with Gasteiger partial charge in [-0.1, -0.05) is 84.0 Å². The van der Waals surface area contributed by atoms with Crippen LogP contribution in [0, 0.1) is 5.92 Å². The molecule has 0 aromatic heterocycles. The molecule has 1 saturated heterocycles. The summed E-state index contributed by atoms with van der Waals surface area (Å²) in [5, 5.41) is 0.488. The number of hydrogen-bond acceptors (Lipinski definition) is 6. The van der Waals surface area contributed by atoms with E-state index in [1.807, 2.05) is 0 Å². The van der Waals surface area contributed by atoms with Gasteiger partial charge in [0.15, 0.2) is 5.92 Å². The van der Waals surface area contributed by atoms with E-state index >= 15 is 0 Å². The lowest BCUT2D eigenvalue weighted by atomic mass is 9.99. The van der Waals surface area contributed by atoms with Crippen molar-refractivity contribution in [3.63, 3.8) is 0 Å². The van der Waals surface area contributed by atoms with Crippen molar-refractivity contribution in [2.75, 3.05) is 0 Å². The molecule has 1 unspecified atom stereocenters. The highest BCUT2D eigenvalue weighted by molar-refractivity contribution is 6.03. The Labute approximate surface area is 193 Å². The molecule has 1 rings (SSSR count). The number of rotatable bonds is 16. The van der Waals surface area contributed by atoms with E-state index in [0.29, 0.717) is 11.5 Å². The van der Waals surface area contributed by atoms with E-state index in [1.54, 1.807) is 20.8 Å². The fraction of sp³-hybridized carbons (Fsp3) is 0.840. The monoisotopic (exact) mass is 453 g/mol. The van der Waals surface area contributed by atoms with Crippen LogP contribution in [0.4, 0.5) is 0 Å². The van der Waals surface area contributed by atoms with E-state index < -0.39 is 35.3 Å². The second-order valence-corrected chi connectivity index (χ2v) is 9.76. The van der Waals surface area contributed by atoms with Crippen LogP contribution in [0.15, 0.2) is 0 Å². The highest BCUT2D eigenvalue weighted by atomic mass is 16.7. The van der Waals surface area contributed by atoms with E-state index in [2.05, 4.69) is 6.92 Å². The number of hydroxylamine groups is 2. The number of carbonyl (C=O) groups is 4. The minimum atomic E-state index is -1.14. The molecule has 1 aliphatic rings. The summed E-state index contributed by atoms with van der Waals surface area (Å²) in [5.74, 6) is -3.83. The smallest absolute Gasteiger partial charge is 0.347 e. The highest BCUT2D eigenvalue weighted by Crippen LogP contribution is 2.21. The molecule has 1 heterocycles. The predicted octanol–water partition coefficient (Wildman–Crippen LogP) is 5.64. The Bertz CT molecular complexity index is 594. The molecule has 1 atom stereocenters. The SMILES string of the molecule is CCCCCCCCCCCCCCC(C(=O)ON1C(=O)CCC1=O)C(=O)OC(C)(C)C. The number of esters is 1. The Morgan fingerprint density at radius 1 is 0.781 bits per heavy atom. The fourth-order valence-electron chi connectivity index (χ4n) is 3.71. The minimum absolute atomic E-state index is 0.0158. The number of unbranched alkanes of at least 4 members (excludes halogenated alkanes) is 11. The lowest BCUT2D eigenvalue weighted by Crippen LogP contribution is -2.39. The van der Waals surface area contributed by atoms with Crippen molar-refractivity contribution in [1.29, 1.82) is 0 Å². The van der Waals surface area contributed by atoms with Gasteiger partial charge in [-0.05, 0) is 27.2 Å². The van der Waals surface area contributed by atoms with Gasteiger partial charge in [0.1, 0.15) is 5.60 Å². The van der Waals surface area contributed by atoms with Gasteiger partial charge in [-0.25, -0.2) is 4.79 Å². The van der Waals surface area contributed by atoms with Crippen molar-refractivity contribution < 1.29 is 28.8 Å². The Hall–Kier alpha value is -1.92. The summed E-state index contributed by atoms with van der Waals surface area (Å²) in [6.45, 7) is 7.41. The molecule has 0 saturated carbocycles. The Kier molecular flexibility index (Phi) is 13.2. The summed E-state index contributed by atoms with van der Waals surface area (Å²) >= 11 is 0. The average Bonchev–Trinajstić information content (AvgIpc) is 3.02. The third kappa shape index (κ3) is 11.6. The molecule has 0 aromatic carbocycles. The van der Waals surface area contributed by atoms with Crippen LogP contribution < -0.4 is 0 Å². The molecule has 1 fully saturated rings. The largest absolute Gasteiger partial charge is 0.459 e. The van der Waals surface area contributed by atoms with Crippen molar-refractivity contribution in [3.8, 4) is 0 Å². The molecule has 184 valence electrons. The first kappa shape index (κ1) is 28.1. The van der Waals surface area contributed by atoms with Crippen molar-refractivity contribution in [3.05, 3.63) is 0 Å². The zero-order valence-corrected chi connectivity index (χ0v) is 20.6. The summed E-state index contributed by atoms with van der Waals surface area (Å²) in [6.07, 6.45) is 14.5. The van der Waals surface area contributed by atoms with Crippen molar-refractivity contribution in [2.24, 2.45) is 5.92 Å². The summed E-state index contributed by atoms with van der Waals surface area (Å²) in [5.41, 5.74) is -0.745. The van der Waals surface area contributed by atoms with Gasteiger partial charge in [0, 0.05) is 12.8 Å². The Balaban J connectivity index is 2.37. The van der Waals surface area contributed by atoms with Crippen LogP contribution in [0.25, 0.3) is 0 Å². The quantitative estimate of drug-likeness (QED) is 0.130. The molecule has 7 nitrogen and oxygen atoms in total. The standard InChI is InChI=1S/C25H43NO6/c1-5-6-7-8-9-10-11-12-13-14-15-16-17-20(23(29)31-25(2,3)4)24(30)32-26-21(27)18-19-22(26)28/h20H,5-19H2,1-4H3. The average molecular weight is 454 g/mol. The molecule has 0 radical (unpaired) electrons. The van der Waals surface area contributed by atoms with Gasteiger partial charge in [0.25, 0.3) is 11.8 Å². The molecule has 32 heavy (non-hydrogen) atoms. The molecule has 0 spiro atoms. The molecule has 2 amide bonds. The lowest BCUT2D eigenvalue weighted by Gasteiger charge is -2.24. The second kappa shape index (κ2) is 15.0. The number of imide groups is 1. The number of hydrogen-bond donors (Lipinski definition) is 0. The van der Waals surface area contributed by atoms with Gasteiger partial charge in [-0.3, -0.25) is 14.4 Å². The van der Waals surface area contributed by atoms with E-state index in [1.165, 1.54) is 51.4 Å². The number of carbonyl (C=O) groups excluding carboxylic acids is 4. The number of amides is 2. The van der Waals surface area contributed by atoms with Crippen LogP contribution in [0.1, 0.15) is 124 Å². The predicted molar refractivity (Wildman–Crippen MR) is 122 cm³/mol. The van der Waals surface area contributed by atoms with Gasteiger partial charge in [-0.2, -0.15) is 0 Å². The van der Waals surface area contributed by atoms with Crippen LogP contribution in [0.5, 0.6) is 0 Å². The molecular formula is C25H43NO6. The van der Waals surface area contributed by atoms with Gasteiger partial charge >= 0.3 is 11.9 Å². The second-order valence-electron chi connectivity index (χ2n) is 9.76. The third-order valence-corrected chi connectivity index (χ3v) is 5.51. The zero-order chi connectivity index (χ0) is 24.0. The van der Waals surface area contributed by atoms with E-state index in [9.17, 15) is 19.2 Å². The number of ether oxygens (including phenoxy) is 1. The Morgan fingerprint density at radius 2 is 1.22 bits per heavy atom. The number of nitrogens with zero attached hydrogens (tertiary/aromatic N) is 1. The van der Waals surface area contributed by atoms with Gasteiger partial charge in [0.05, 0.1) is 0 Å². The topological polar surface area (TPSA) is 90.0 Å². The van der Waals surface area contributed by atoms with Crippen molar-refractivity contribution >= 4 is 23.8 Å². The normalized spacial score (nSPS) is 15.2. The molecular weight excluding hydrogens is 410 g/mol. The third-order valence-electron chi connectivity index (χ3n) is 5.51. The molecule has 7 heteroatoms. The first-order valence-corrected chi connectivity index (χ1v) is 12.5. The lowest BCUT2D eigenvalue weighted by molar-refractivity contribution is -0.204. The van der Waals surface area contributed by atoms with Gasteiger partial charge in [0.2, 0.25) is 0 Å². The zero-order valence-electron chi connectivity index (χ0n) is 20.6. The van der Waals surface area contributed by atoms with Crippen LogP contribution in [-0.4, -0.2) is 34.4 Å². The van der Waals surface area contributed by atoms with E-state index in [-0.39, 0.29) is 19.3 Å². The maximum absolute atomic E-state index is 12.6. The molecule has 0 N–H and O–H groups in total. The van der Waals surface area contributed by atoms with Crippen molar-refractivity contribution in [1.82, 2.24) is 5.06 Å². The molecule has 0 aromatic rings. The van der Waals surface area contributed by atoms with E-state index in [0.717, 1.165) is 19.3 Å². The molecule has 0 aliphatic carbocycles. The van der Waals surface area contributed by atoms with Crippen LogP contribution in [0.3, 0.4) is 0 Å². The maximum Gasteiger partial charge on any atom is 0.347 e. The molecule has 1 aliphatic heterocycles. The van der Waals surface area contributed by atoms with E-state index in [4.69, 9.17) is 9.57 Å². The van der Waals surface area contributed by atoms with Gasteiger partial charge < -0.3 is 9.57 Å². The summed E-state index contributed by atoms with van der Waals surface area (Å²) in [7, 11) is 0. The first-order chi connectivity index (χ1) is 15.2. The summed E-state index contributed by atoms with van der Waals surface area (Å²) in [4.78, 5) is 53.6. The summed E-state index contributed by atoms with van der Waals surface area (Å²) < 4.78 is 5.37. The van der Waals surface area contributed by atoms with Crippen LogP contribution in [0.2, 0.25) is 0 Å². The maximum atomic E-state index is 12.6. The van der Waals surface area contributed by atoms with Crippen LogP contribution >= 0.6 is 0 Å². The first-order valence-electron chi connectivity index (χ1n) is 12.5. The highest BCUT2D eigenvalue weighted by Gasteiger charge is 2.38.